The van der Waals surface area contributed by atoms with Crippen molar-refractivity contribution >= 4 is 27.9 Å². The molecule has 0 radical (unpaired) electrons. The third kappa shape index (κ3) is 5.19. The second-order valence-corrected chi connectivity index (χ2v) is 7.12. The van der Waals surface area contributed by atoms with Crippen LogP contribution < -0.4 is 0 Å². The molecule has 0 saturated carbocycles. The standard InChI is InChI=1S/C11H14BrN4O2.C4H6O4/c12-10-4-9(5-13-6-10)7-16(8-15(17)18)11-2-1-3-14(11)16;5-3(6)1-2-4(7)8/h4-6,11H,1-3,7-8H2;1-2H2,(H,5,6)(H,7,8)/q+1;. The first-order chi connectivity index (χ1) is 12.2. The van der Waals surface area contributed by atoms with E-state index < -0.39 is 11.9 Å². The van der Waals surface area contributed by atoms with Crippen molar-refractivity contribution in [3.8, 4) is 0 Å². The fourth-order valence-electron chi connectivity index (χ4n) is 3.31. The van der Waals surface area contributed by atoms with Crippen molar-refractivity contribution in [1.82, 2.24) is 9.99 Å². The molecule has 0 spiro atoms. The second-order valence-electron chi connectivity index (χ2n) is 6.20. The third-order valence-corrected chi connectivity index (χ3v) is 4.77. The van der Waals surface area contributed by atoms with E-state index in [0.717, 1.165) is 29.4 Å². The van der Waals surface area contributed by atoms with Crippen LogP contribution >= 0.6 is 15.9 Å². The quantitative estimate of drug-likeness (QED) is 0.288. The minimum absolute atomic E-state index is 0.0167. The highest BCUT2D eigenvalue weighted by atomic mass is 79.9. The molecule has 2 fully saturated rings. The Bertz CT molecular complexity index is 676. The van der Waals surface area contributed by atoms with Crippen LogP contribution in [0.4, 0.5) is 0 Å². The first kappa shape index (κ1) is 20.2. The van der Waals surface area contributed by atoms with E-state index >= 15 is 0 Å². The predicted molar refractivity (Wildman–Crippen MR) is 92.0 cm³/mol. The molecule has 2 aliphatic heterocycles. The van der Waals surface area contributed by atoms with Gasteiger partial charge in [-0.2, -0.15) is 4.59 Å². The number of nitrogens with zero attached hydrogens (tertiary/aromatic N) is 4. The van der Waals surface area contributed by atoms with E-state index in [9.17, 15) is 19.7 Å². The zero-order valence-electron chi connectivity index (χ0n) is 14.0. The van der Waals surface area contributed by atoms with E-state index in [2.05, 4.69) is 25.9 Å². The number of hydrogen-bond acceptors (Lipinski definition) is 6. The van der Waals surface area contributed by atoms with Crippen molar-refractivity contribution in [2.75, 3.05) is 13.2 Å². The van der Waals surface area contributed by atoms with Crippen LogP contribution in [0.3, 0.4) is 0 Å². The van der Waals surface area contributed by atoms with Crippen LogP contribution in [0.1, 0.15) is 31.2 Å². The van der Waals surface area contributed by atoms with Gasteiger partial charge in [0.25, 0.3) is 0 Å². The summed E-state index contributed by atoms with van der Waals surface area (Å²) in [6.45, 7) is 1.62. The molecular formula is C15H20BrN4O6+. The summed E-state index contributed by atoms with van der Waals surface area (Å²) in [6.07, 6.45) is 5.48. The van der Waals surface area contributed by atoms with Gasteiger partial charge in [0.05, 0.1) is 24.3 Å². The average Bonchev–Trinajstić information content (AvgIpc) is 2.91. The van der Waals surface area contributed by atoms with Crippen LogP contribution in [-0.2, 0) is 16.1 Å². The number of carbonyl (C=O) groups is 2. The monoisotopic (exact) mass is 431 g/mol. The first-order valence-corrected chi connectivity index (χ1v) is 8.82. The molecule has 2 saturated heterocycles. The van der Waals surface area contributed by atoms with Gasteiger partial charge >= 0.3 is 18.6 Å². The van der Waals surface area contributed by atoms with Gasteiger partial charge in [-0.25, -0.2) is 0 Å². The van der Waals surface area contributed by atoms with Crippen molar-refractivity contribution in [3.63, 3.8) is 0 Å². The molecule has 0 aromatic carbocycles. The minimum Gasteiger partial charge on any atom is -0.481 e. The number of quaternary nitrogens is 1. The summed E-state index contributed by atoms with van der Waals surface area (Å²) in [4.78, 5) is 34.1. The van der Waals surface area contributed by atoms with Gasteiger partial charge in [-0.05, 0) is 28.4 Å². The Morgan fingerprint density at radius 1 is 1.35 bits per heavy atom. The summed E-state index contributed by atoms with van der Waals surface area (Å²) in [7, 11) is 0. The number of hydrogen-bond donors (Lipinski definition) is 2. The Morgan fingerprint density at radius 3 is 2.46 bits per heavy atom. The van der Waals surface area contributed by atoms with Crippen LogP contribution in [0.2, 0.25) is 0 Å². The first-order valence-electron chi connectivity index (χ1n) is 8.03. The summed E-state index contributed by atoms with van der Waals surface area (Å²) in [5, 5.41) is 28.9. The molecule has 0 amide bonds. The molecule has 3 heterocycles. The third-order valence-electron chi connectivity index (χ3n) is 4.34. The minimum atomic E-state index is -1.08. The second kappa shape index (κ2) is 8.52. The molecule has 11 heteroatoms. The van der Waals surface area contributed by atoms with Gasteiger partial charge < -0.3 is 10.2 Å². The number of halogens is 1. The zero-order valence-corrected chi connectivity index (χ0v) is 15.5. The van der Waals surface area contributed by atoms with Crippen molar-refractivity contribution in [2.45, 2.75) is 38.4 Å². The number of rotatable bonds is 7. The number of pyridine rings is 1. The summed E-state index contributed by atoms with van der Waals surface area (Å²) in [5.74, 6) is -2.15. The van der Waals surface area contributed by atoms with E-state index in [1.165, 1.54) is 0 Å². The van der Waals surface area contributed by atoms with Gasteiger partial charge in [0.2, 0.25) is 6.17 Å². The number of carboxylic acid groups (broad SMARTS) is 2. The lowest BCUT2D eigenvalue weighted by molar-refractivity contribution is -0.962. The van der Waals surface area contributed by atoms with Crippen molar-refractivity contribution < 1.29 is 29.3 Å². The molecule has 142 valence electrons. The Kier molecular flexibility index (Phi) is 6.62. The van der Waals surface area contributed by atoms with E-state index in [4.69, 9.17) is 10.2 Å². The highest BCUT2D eigenvalue weighted by Crippen LogP contribution is 2.47. The molecule has 3 unspecified atom stereocenters. The van der Waals surface area contributed by atoms with Crippen molar-refractivity contribution in [1.29, 1.82) is 0 Å². The summed E-state index contributed by atoms with van der Waals surface area (Å²) in [5.41, 5.74) is 1.04. The molecule has 2 aliphatic rings. The van der Waals surface area contributed by atoms with Crippen LogP contribution in [-0.4, -0.2) is 61.0 Å². The number of aromatic nitrogens is 1. The zero-order chi connectivity index (χ0) is 19.3. The van der Waals surface area contributed by atoms with Crippen LogP contribution in [0.25, 0.3) is 0 Å². The average molecular weight is 432 g/mol. The Labute approximate surface area is 157 Å². The fourth-order valence-corrected chi connectivity index (χ4v) is 3.72. The van der Waals surface area contributed by atoms with Crippen LogP contribution in [0, 0.1) is 10.1 Å². The molecule has 0 bridgehead atoms. The van der Waals surface area contributed by atoms with E-state index in [1.54, 1.807) is 12.4 Å². The van der Waals surface area contributed by atoms with Gasteiger partial charge in [0.15, 0.2) is 0 Å². The normalized spacial score (nSPS) is 25.6. The highest BCUT2D eigenvalue weighted by molar-refractivity contribution is 9.10. The van der Waals surface area contributed by atoms with E-state index in [0.29, 0.717) is 17.3 Å². The van der Waals surface area contributed by atoms with Gasteiger partial charge in [-0.15, -0.1) is 0 Å². The number of carboxylic acids is 2. The molecule has 10 nitrogen and oxygen atoms in total. The van der Waals surface area contributed by atoms with Crippen molar-refractivity contribution in [2.24, 2.45) is 0 Å². The summed E-state index contributed by atoms with van der Waals surface area (Å²) < 4.78 is 1.40. The molecule has 2 N–H and O–H groups in total. The predicted octanol–water partition coefficient (Wildman–Crippen LogP) is 1.68. The van der Waals surface area contributed by atoms with Gasteiger partial charge in [-0.1, -0.05) is 5.01 Å². The smallest absolute Gasteiger partial charge is 0.347 e. The lowest BCUT2D eigenvalue weighted by atomic mass is 10.2. The van der Waals surface area contributed by atoms with Gasteiger partial charge in [0.1, 0.15) is 6.54 Å². The number of fused-ring (bicyclic) bond motifs is 1. The molecule has 3 atom stereocenters. The maximum Gasteiger partial charge on any atom is 0.347 e. The summed E-state index contributed by atoms with van der Waals surface area (Å²) >= 11 is 3.39. The molecule has 3 rings (SSSR count). The molecule has 0 aliphatic carbocycles. The lowest BCUT2D eigenvalue weighted by Gasteiger charge is -2.17. The number of aliphatic carboxylic acids is 2. The van der Waals surface area contributed by atoms with Crippen LogP contribution in [0.15, 0.2) is 22.9 Å². The van der Waals surface area contributed by atoms with E-state index in [1.807, 2.05) is 6.07 Å². The van der Waals surface area contributed by atoms with Crippen molar-refractivity contribution in [3.05, 3.63) is 38.6 Å². The maximum atomic E-state index is 10.9. The largest absolute Gasteiger partial charge is 0.481 e. The molecule has 1 aromatic heterocycles. The molecular weight excluding hydrogens is 412 g/mol. The maximum absolute atomic E-state index is 10.9. The highest BCUT2D eigenvalue weighted by Gasteiger charge is 2.69. The lowest BCUT2D eigenvalue weighted by Crippen LogP contribution is -2.38. The Balaban J connectivity index is 0.000000260. The van der Waals surface area contributed by atoms with Gasteiger partial charge in [-0.3, -0.25) is 24.7 Å². The van der Waals surface area contributed by atoms with Gasteiger partial charge in [0, 0.05) is 28.9 Å². The summed E-state index contributed by atoms with van der Waals surface area (Å²) in [6, 6.07) is 1.99. The van der Waals surface area contributed by atoms with Crippen LogP contribution in [0.5, 0.6) is 0 Å². The van der Waals surface area contributed by atoms with E-state index in [-0.39, 0.29) is 24.4 Å². The molecule has 26 heavy (non-hydrogen) atoms. The Morgan fingerprint density at radius 2 is 2.00 bits per heavy atom. The Hall–Kier alpha value is -2.11. The SMILES string of the molecule is O=C(O)CCC(=O)O.O=[N+]([O-])C[N+]1(Cc2cncc(Br)c2)C2CCCN21. The number of nitro groups is 1. The molecule has 1 aromatic rings. The fraction of sp³-hybridized carbons (Fsp3) is 0.533. The topological polar surface area (TPSA) is 134 Å².